The Balaban J connectivity index is 1.98. The second kappa shape index (κ2) is 9.59. The van der Waals surface area contributed by atoms with Crippen molar-refractivity contribution in [2.75, 3.05) is 13.2 Å². The third-order valence-corrected chi connectivity index (χ3v) is 3.09. The summed E-state index contributed by atoms with van der Waals surface area (Å²) in [5.74, 6) is -2.79. The minimum Gasteiger partial charge on any atom is -0.381 e. The highest BCUT2D eigenvalue weighted by Gasteiger charge is 2.27. The summed E-state index contributed by atoms with van der Waals surface area (Å²) in [7, 11) is 0. The van der Waals surface area contributed by atoms with E-state index >= 15 is 0 Å². The van der Waals surface area contributed by atoms with E-state index in [4.69, 9.17) is 4.74 Å². The first-order valence-corrected chi connectivity index (χ1v) is 7.07. The summed E-state index contributed by atoms with van der Waals surface area (Å²) in [5.41, 5.74) is 1.29. The SMILES string of the molecule is O=CCCC(F)(F)CCOCCCCc1ccccc1. The Morgan fingerprint density at radius 2 is 1.80 bits per heavy atom. The number of carbonyl (C=O) groups is 1. The second-order valence-corrected chi connectivity index (χ2v) is 4.87. The highest BCUT2D eigenvalue weighted by molar-refractivity contribution is 5.49. The van der Waals surface area contributed by atoms with Crippen LogP contribution in [0.2, 0.25) is 0 Å². The van der Waals surface area contributed by atoms with Gasteiger partial charge in [0.05, 0.1) is 6.61 Å². The number of hydrogen-bond acceptors (Lipinski definition) is 2. The van der Waals surface area contributed by atoms with Crippen LogP contribution in [0, 0.1) is 0 Å². The fraction of sp³-hybridized carbons (Fsp3) is 0.562. The summed E-state index contributed by atoms with van der Waals surface area (Å²) in [4.78, 5) is 10.1. The monoisotopic (exact) mass is 284 g/mol. The third-order valence-electron chi connectivity index (χ3n) is 3.09. The first kappa shape index (κ1) is 16.8. The van der Waals surface area contributed by atoms with Crippen molar-refractivity contribution in [1.82, 2.24) is 0 Å². The van der Waals surface area contributed by atoms with Crippen LogP contribution in [0.4, 0.5) is 8.78 Å². The molecular weight excluding hydrogens is 262 g/mol. The number of unbranched alkanes of at least 4 members (excludes halogenated alkanes) is 1. The van der Waals surface area contributed by atoms with Crippen LogP contribution in [0.25, 0.3) is 0 Å². The smallest absolute Gasteiger partial charge is 0.250 e. The van der Waals surface area contributed by atoms with Crippen molar-refractivity contribution < 1.29 is 18.3 Å². The van der Waals surface area contributed by atoms with Crippen LogP contribution in [-0.2, 0) is 16.0 Å². The molecular formula is C16H22F2O2. The van der Waals surface area contributed by atoms with Crippen LogP contribution in [0.15, 0.2) is 30.3 Å². The number of aldehydes is 1. The first-order valence-electron chi connectivity index (χ1n) is 7.07. The predicted molar refractivity (Wildman–Crippen MR) is 75.1 cm³/mol. The van der Waals surface area contributed by atoms with Gasteiger partial charge in [0.2, 0.25) is 0 Å². The van der Waals surface area contributed by atoms with E-state index in [1.54, 1.807) is 0 Å². The van der Waals surface area contributed by atoms with Gasteiger partial charge in [-0.05, 0) is 24.8 Å². The highest BCUT2D eigenvalue weighted by atomic mass is 19.3. The van der Waals surface area contributed by atoms with E-state index in [0.717, 1.165) is 19.3 Å². The normalized spacial score (nSPS) is 11.5. The fourth-order valence-electron chi connectivity index (χ4n) is 1.90. The molecule has 112 valence electrons. The molecule has 1 aromatic carbocycles. The molecule has 0 amide bonds. The van der Waals surface area contributed by atoms with Crippen molar-refractivity contribution in [3.8, 4) is 0 Å². The van der Waals surface area contributed by atoms with Gasteiger partial charge >= 0.3 is 0 Å². The lowest BCUT2D eigenvalue weighted by Gasteiger charge is -2.14. The molecule has 1 aromatic rings. The molecule has 0 aliphatic rings. The molecule has 20 heavy (non-hydrogen) atoms. The van der Waals surface area contributed by atoms with Gasteiger partial charge in [-0.25, -0.2) is 8.78 Å². The Morgan fingerprint density at radius 1 is 1.05 bits per heavy atom. The first-order chi connectivity index (χ1) is 9.64. The lowest BCUT2D eigenvalue weighted by molar-refractivity contribution is -0.110. The van der Waals surface area contributed by atoms with E-state index in [2.05, 4.69) is 12.1 Å². The highest BCUT2D eigenvalue weighted by Crippen LogP contribution is 2.23. The molecule has 0 saturated heterocycles. The molecule has 1 rings (SSSR count). The molecule has 0 spiro atoms. The molecule has 0 heterocycles. The summed E-state index contributed by atoms with van der Waals surface area (Å²) in [5, 5.41) is 0. The Hall–Kier alpha value is -1.29. The van der Waals surface area contributed by atoms with Gasteiger partial charge in [0, 0.05) is 25.9 Å². The Morgan fingerprint density at radius 3 is 2.50 bits per heavy atom. The predicted octanol–water partition coefficient (Wildman–Crippen LogP) is 4.03. The van der Waals surface area contributed by atoms with Gasteiger partial charge in [0.1, 0.15) is 6.29 Å². The number of aryl methyl sites for hydroxylation is 1. The van der Waals surface area contributed by atoms with Crippen molar-refractivity contribution in [2.45, 2.75) is 44.4 Å². The maximum Gasteiger partial charge on any atom is 0.250 e. The second-order valence-electron chi connectivity index (χ2n) is 4.87. The summed E-state index contributed by atoms with van der Waals surface area (Å²) >= 11 is 0. The molecule has 0 atom stereocenters. The zero-order valence-electron chi connectivity index (χ0n) is 11.7. The van der Waals surface area contributed by atoms with Crippen LogP contribution in [0.5, 0.6) is 0 Å². The van der Waals surface area contributed by atoms with Crippen molar-refractivity contribution in [1.29, 1.82) is 0 Å². The number of carbonyl (C=O) groups excluding carboxylic acids is 1. The maximum atomic E-state index is 13.2. The molecule has 0 N–H and O–H groups in total. The van der Waals surface area contributed by atoms with Crippen molar-refractivity contribution in [2.24, 2.45) is 0 Å². The van der Waals surface area contributed by atoms with Crippen LogP contribution in [-0.4, -0.2) is 25.4 Å². The largest absolute Gasteiger partial charge is 0.381 e. The zero-order chi connectivity index (χ0) is 14.7. The van der Waals surface area contributed by atoms with Crippen LogP contribution < -0.4 is 0 Å². The van der Waals surface area contributed by atoms with E-state index in [-0.39, 0.29) is 25.9 Å². The standard InChI is InChI=1S/C16H22F2O2/c17-16(18,10-6-12-19)11-14-20-13-5-4-9-15-7-2-1-3-8-15/h1-3,7-8,12H,4-6,9-11,13-14H2. The minimum absolute atomic E-state index is 0.0528. The minimum atomic E-state index is -2.79. The van der Waals surface area contributed by atoms with E-state index in [0.29, 0.717) is 12.9 Å². The molecule has 0 aliphatic carbocycles. The van der Waals surface area contributed by atoms with Crippen LogP contribution in [0.3, 0.4) is 0 Å². The number of hydrogen-bond donors (Lipinski definition) is 0. The van der Waals surface area contributed by atoms with Gasteiger partial charge in [0.25, 0.3) is 5.92 Å². The molecule has 0 aliphatic heterocycles. The Labute approximate surface area is 119 Å². The molecule has 2 nitrogen and oxygen atoms in total. The van der Waals surface area contributed by atoms with Gasteiger partial charge in [0.15, 0.2) is 0 Å². The Kier molecular flexibility index (Phi) is 8.04. The molecule has 0 unspecified atom stereocenters. The fourth-order valence-corrected chi connectivity index (χ4v) is 1.90. The van der Waals surface area contributed by atoms with Gasteiger partial charge in [-0.15, -0.1) is 0 Å². The van der Waals surface area contributed by atoms with Crippen molar-refractivity contribution in [3.63, 3.8) is 0 Å². The summed E-state index contributed by atoms with van der Waals surface area (Å²) < 4.78 is 31.6. The van der Waals surface area contributed by atoms with E-state index in [1.807, 2.05) is 18.2 Å². The van der Waals surface area contributed by atoms with Crippen LogP contribution >= 0.6 is 0 Å². The number of halogens is 2. The molecule has 0 radical (unpaired) electrons. The average Bonchev–Trinajstić information content (AvgIpc) is 2.45. The summed E-state index contributed by atoms with van der Waals surface area (Å²) in [6.07, 6.45) is 2.59. The van der Waals surface area contributed by atoms with Crippen LogP contribution in [0.1, 0.15) is 37.7 Å². The van der Waals surface area contributed by atoms with Gasteiger partial charge in [-0.3, -0.25) is 0 Å². The number of rotatable bonds is 11. The Bertz CT molecular complexity index is 366. The topological polar surface area (TPSA) is 26.3 Å². The van der Waals surface area contributed by atoms with Gasteiger partial charge in [-0.2, -0.15) is 0 Å². The van der Waals surface area contributed by atoms with Crippen molar-refractivity contribution >= 4 is 6.29 Å². The zero-order valence-corrected chi connectivity index (χ0v) is 11.7. The number of ether oxygens (including phenoxy) is 1. The van der Waals surface area contributed by atoms with Crippen molar-refractivity contribution in [3.05, 3.63) is 35.9 Å². The maximum absolute atomic E-state index is 13.2. The average molecular weight is 284 g/mol. The molecule has 0 saturated carbocycles. The van der Waals surface area contributed by atoms with E-state index in [9.17, 15) is 13.6 Å². The molecule has 0 aromatic heterocycles. The molecule has 0 bridgehead atoms. The lowest BCUT2D eigenvalue weighted by atomic mass is 10.1. The summed E-state index contributed by atoms with van der Waals surface area (Å²) in [6, 6.07) is 10.2. The lowest BCUT2D eigenvalue weighted by Crippen LogP contribution is -2.19. The van der Waals surface area contributed by atoms with Gasteiger partial charge in [-0.1, -0.05) is 30.3 Å². The number of benzene rings is 1. The summed E-state index contributed by atoms with van der Waals surface area (Å²) in [6.45, 7) is 0.563. The molecule has 0 fully saturated rings. The quantitative estimate of drug-likeness (QED) is 0.453. The third kappa shape index (κ3) is 8.00. The molecule has 4 heteroatoms. The van der Waals surface area contributed by atoms with E-state index in [1.165, 1.54) is 5.56 Å². The van der Waals surface area contributed by atoms with Gasteiger partial charge < -0.3 is 9.53 Å². The van der Waals surface area contributed by atoms with E-state index < -0.39 is 5.92 Å². The number of alkyl halides is 2.